The summed E-state index contributed by atoms with van der Waals surface area (Å²) in [7, 11) is 1.80. The van der Waals surface area contributed by atoms with E-state index < -0.39 is 0 Å². The molecule has 0 unspecified atom stereocenters. The van der Waals surface area contributed by atoms with Crippen molar-refractivity contribution in [2.45, 2.75) is 27.7 Å². The summed E-state index contributed by atoms with van der Waals surface area (Å²) in [5, 5.41) is 9.10. The summed E-state index contributed by atoms with van der Waals surface area (Å²) in [4.78, 5) is 15.5. The first-order valence-corrected chi connectivity index (χ1v) is 7.41. The summed E-state index contributed by atoms with van der Waals surface area (Å²) in [6.07, 6.45) is 0. The van der Waals surface area contributed by atoms with Crippen LogP contribution >= 0.6 is 11.3 Å². The van der Waals surface area contributed by atoms with Crippen LogP contribution in [0.2, 0.25) is 0 Å². The smallest absolute Gasteiger partial charge is 0.265 e. The number of aromatic nitrogens is 2. The van der Waals surface area contributed by atoms with Crippen molar-refractivity contribution in [1.82, 2.24) is 15.1 Å². The summed E-state index contributed by atoms with van der Waals surface area (Å²) >= 11 is 1.32. The first kappa shape index (κ1) is 14.7. The summed E-state index contributed by atoms with van der Waals surface area (Å²) in [5.74, 6) is 0.375. The van der Waals surface area contributed by atoms with Gasteiger partial charge in [0.2, 0.25) is 0 Å². The Kier molecular flexibility index (Phi) is 3.94. The molecule has 0 atom stereocenters. The molecule has 0 radical (unpaired) electrons. The Hall–Kier alpha value is -1.69. The van der Waals surface area contributed by atoms with E-state index in [9.17, 15) is 4.79 Å². The van der Waals surface area contributed by atoms with E-state index in [0.29, 0.717) is 23.0 Å². The number of carbonyl (C=O) groups excluding carboxylic acids is 1. The lowest BCUT2D eigenvalue weighted by molar-refractivity contribution is 0.0785. The van der Waals surface area contributed by atoms with Crippen molar-refractivity contribution in [3.05, 3.63) is 16.1 Å². The monoisotopic (exact) mass is 292 g/mol. The van der Waals surface area contributed by atoms with Crippen LogP contribution in [-0.2, 0) is 0 Å². The standard InChI is InChI=1S/C14H20N4OS/c1-7(2)6-18(5)14(19)12-11(15)10-8(3)9(4)16-17-13(10)20-12/h7H,6,15H2,1-5H3. The molecule has 2 aromatic rings. The molecule has 0 bridgehead atoms. The quantitative estimate of drug-likeness (QED) is 0.944. The van der Waals surface area contributed by atoms with Gasteiger partial charge >= 0.3 is 0 Å². The van der Waals surface area contributed by atoms with Crippen molar-refractivity contribution in [3.63, 3.8) is 0 Å². The number of hydrogen-bond acceptors (Lipinski definition) is 5. The Bertz CT molecular complexity index is 663. The van der Waals surface area contributed by atoms with Crippen LogP contribution in [0.1, 0.15) is 34.8 Å². The van der Waals surface area contributed by atoms with Gasteiger partial charge in [-0.15, -0.1) is 16.4 Å². The number of thiophene rings is 1. The van der Waals surface area contributed by atoms with Crippen LogP contribution in [0.5, 0.6) is 0 Å². The Morgan fingerprint density at radius 3 is 2.60 bits per heavy atom. The average molecular weight is 292 g/mol. The third-order valence-corrected chi connectivity index (χ3v) is 4.39. The Morgan fingerprint density at radius 1 is 1.35 bits per heavy atom. The first-order valence-electron chi connectivity index (χ1n) is 6.60. The maximum absolute atomic E-state index is 12.5. The van der Waals surface area contributed by atoms with Gasteiger partial charge in [0.25, 0.3) is 5.91 Å². The Morgan fingerprint density at radius 2 is 2.00 bits per heavy atom. The predicted molar refractivity (Wildman–Crippen MR) is 83.1 cm³/mol. The topological polar surface area (TPSA) is 72.1 Å². The Labute approximate surface area is 122 Å². The second-order valence-electron chi connectivity index (χ2n) is 5.51. The van der Waals surface area contributed by atoms with Gasteiger partial charge in [0.05, 0.1) is 11.4 Å². The molecule has 0 fully saturated rings. The zero-order chi connectivity index (χ0) is 15.0. The molecule has 0 aliphatic heterocycles. The molecule has 5 nitrogen and oxygen atoms in total. The second kappa shape index (κ2) is 5.36. The number of hydrogen-bond donors (Lipinski definition) is 1. The van der Waals surface area contributed by atoms with E-state index in [1.54, 1.807) is 11.9 Å². The summed E-state index contributed by atoms with van der Waals surface area (Å²) < 4.78 is 0. The highest BCUT2D eigenvalue weighted by atomic mass is 32.1. The number of nitrogen functional groups attached to an aromatic ring is 1. The normalized spacial score (nSPS) is 11.3. The minimum absolute atomic E-state index is 0.0451. The average Bonchev–Trinajstić information content (AvgIpc) is 2.70. The van der Waals surface area contributed by atoms with Gasteiger partial charge in [0.15, 0.2) is 0 Å². The third kappa shape index (κ3) is 2.47. The van der Waals surface area contributed by atoms with Crippen LogP contribution in [0.3, 0.4) is 0 Å². The van der Waals surface area contributed by atoms with Crippen molar-refractivity contribution in [1.29, 1.82) is 0 Å². The minimum atomic E-state index is -0.0451. The van der Waals surface area contributed by atoms with Crippen molar-refractivity contribution in [3.8, 4) is 0 Å². The molecule has 0 saturated heterocycles. The number of aryl methyl sites for hydroxylation is 2. The van der Waals surface area contributed by atoms with Crippen molar-refractivity contribution >= 4 is 33.1 Å². The lowest BCUT2D eigenvalue weighted by Crippen LogP contribution is -2.30. The molecule has 1 amide bonds. The van der Waals surface area contributed by atoms with Gasteiger partial charge in [0.1, 0.15) is 9.71 Å². The van der Waals surface area contributed by atoms with E-state index in [4.69, 9.17) is 5.73 Å². The zero-order valence-corrected chi connectivity index (χ0v) is 13.3. The number of amides is 1. The fourth-order valence-electron chi connectivity index (χ4n) is 2.20. The number of carbonyl (C=O) groups is 1. The minimum Gasteiger partial charge on any atom is -0.397 e. The van der Waals surface area contributed by atoms with Gasteiger partial charge in [-0.25, -0.2) is 0 Å². The molecular weight excluding hydrogens is 272 g/mol. The zero-order valence-electron chi connectivity index (χ0n) is 12.5. The van der Waals surface area contributed by atoms with E-state index in [1.165, 1.54) is 11.3 Å². The van der Waals surface area contributed by atoms with Crippen molar-refractivity contribution < 1.29 is 4.79 Å². The Balaban J connectivity index is 2.48. The maximum atomic E-state index is 12.5. The molecule has 0 saturated carbocycles. The molecule has 0 aromatic carbocycles. The molecule has 2 aromatic heterocycles. The molecule has 0 spiro atoms. The summed E-state index contributed by atoms with van der Waals surface area (Å²) in [6.45, 7) is 8.72. The third-order valence-electron chi connectivity index (χ3n) is 3.32. The summed E-state index contributed by atoms with van der Waals surface area (Å²) in [5.41, 5.74) is 8.54. The van der Waals surface area contributed by atoms with Crippen molar-refractivity contribution in [2.75, 3.05) is 19.3 Å². The number of nitrogens with two attached hydrogens (primary N) is 1. The van der Waals surface area contributed by atoms with Gasteiger partial charge in [-0.05, 0) is 25.3 Å². The fourth-order valence-corrected chi connectivity index (χ4v) is 3.30. The van der Waals surface area contributed by atoms with Crippen LogP contribution in [0.4, 0.5) is 5.69 Å². The van der Waals surface area contributed by atoms with Gasteiger partial charge in [-0.1, -0.05) is 13.8 Å². The summed E-state index contributed by atoms with van der Waals surface area (Å²) in [6, 6.07) is 0. The lowest BCUT2D eigenvalue weighted by Gasteiger charge is -2.18. The molecule has 0 aliphatic carbocycles. The van der Waals surface area contributed by atoms with Crippen LogP contribution in [0.25, 0.3) is 10.2 Å². The van der Waals surface area contributed by atoms with Crippen LogP contribution in [0.15, 0.2) is 0 Å². The largest absolute Gasteiger partial charge is 0.397 e. The van der Waals surface area contributed by atoms with Gasteiger partial charge < -0.3 is 10.6 Å². The number of fused-ring (bicyclic) bond motifs is 1. The van der Waals surface area contributed by atoms with E-state index in [0.717, 1.165) is 21.5 Å². The van der Waals surface area contributed by atoms with E-state index in [2.05, 4.69) is 24.0 Å². The van der Waals surface area contributed by atoms with E-state index in [1.807, 2.05) is 13.8 Å². The fraction of sp³-hybridized carbons (Fsp3) is 0.500. The maximum Gasteiger partial charge on any atom is 0.265 e. The SMILES string of the molecule is Cc1nnc2sc(C(=O)N(C)CC(C)C)c(N)c2c1C. The predicted octanol–water partition coefficient (Wildman–Crippen LogP) is 2.62. The molecule has 20 heavy (non-hydrogen) atoms. The number of nitrogens with zero attached hydrogens (tertiary/aromatic N) is 3. The molecule has 2 heterocycles. The van der Waals surface area contributed by atoms with Crippen LogP contribution in [-0.4, -0.2) is 34.6 Å². The molecule has 0 aliphatic rings. The van der Waals surface area contributed by atoms with Gasteiger partial charge in [0, 0.05) is 19.0 Å². The number of anilines is 1. The second-order valence-corrected chi connectivity index (χ2v) is 6.51. The van der Waals surface area contributed by atoms with E-state index >= 15 is 0 Å². The molecule has 2 rings (SSSR count). The highest BCUT2D eigenvalue weighted by molar-refractivity contribution is 7.21. The molecule has 2 N–H and O–H groups in total. The highest BCUT2D eigenvalue weighted by Gasteiger charge is 2.22. The number of rotatable bonds is 3. The van der Waals surface area contributed by atoms with Gasteiger partial charge in [-0.3, -0.25) is 4.79 Å². The first-order chi connectivity index (χ1) is 9.32. The van der Waals surface area contributed by atoms with E-state index in [-0.39, 0.29) is 5.91 Å². The highest BCUT2D eigenvalue weighted by Crippen LogP contribution is 2.35. The molecular formula is C14H20N4OS. The lowest BCUT2D eigenvalue weighted by atomic mass is 10.1. The van der Waals surface area contributed by atoms with Crippen molar-refractivity contribution in [2.24, 2.45) is 5.92 Å². The van der Waals surface area contributed by atoms with Crippen LogP contribution in [0, 0.1) is 19.8 Å². The molecule has 108 valence electrons. The van der Waals surface area contributed by atoms with Gasteiger partial charge in [-0.2, -0.15) is 5.10 Å². The van der Waals surface area contributed by atoms with Crippen LogP contribution < -0.4 is 5.73 Å². The molecule has 6 heteroatoms.